The lowest BCUT2D eigenvalue weighted by molar-refractivity contribution is -0.122. The highest BCUT2D eigenvalue weighted by Crippen LogP contribution is 2.22. The van der Waals surface area contributed by atoms with E-state index in [4.69, 9.17) is 5.73 Å². The van der Waals surface area contributed by atoms with Crippen molar-refractivity contribution in [3.05, 3.63) is 35.4 Å². The average molecular weight is 270 g/mol. The van der Waals surface area contributed by atoms with E-state index in [0.717, 1.165) is 12.5 Å². The number of carbonyl (C=O) groups excluding carboxylic acids is 1. The van der Waals surface area contributed by atoms with E-state index in [1.54, 1.807) is 0 Å². The molecule has 3 N–H and O–H groups in total. The van der Waals surface area contributed by atoms with Crippen molar-refractivity contribution >= 4 is 5.91 Å². The van der Waals surface area contributed by atoms with Crippen molar-refractivity contribution in [1.82, 2.24) is 5.32 Å². The van der Waals surface area contributed by atoms with Gasteiger partial charge in [-0.25, -0.2) is 8.78 Å². The maximum Gasteiger partial charge on any atom is 0.220 e. The largest absolute Gasteiger partial charge is 0.349 e. The molecule has 5 heteroatoms. The number of nitrogens with two attached hydrogens (primary N) is 1. The molecule has 1 unspecified atom stereocenters. The Morgan fingerprint density at radius 1 is 1.42 bits per heavy atom. The van der Waals surface area contributed by atoms with Crippen LogP contribution in [0.3, 0.4) is 0 Å². The Morgan fingerprint density at radius 3 is 2.74 bits per heavy atom. The first-order valence-corrected chi connectivity index (χ1v) is 6.52. The molecule has 0 aromatic heterocycles. The van der Waals surface area contributed by atoms with Crippen molar-refractivity contribution < 1.29 is 13.6 Å². The minimum atomic E-state index is -0.627. The Balaban J connectivity index is 2.78. The fraction of sp³-hybridized carbons (Fsp3) is 0.500. The summed E-state index contributed by atoms with van der Waals surface area (Å²) in [6, 6.07) is 3.00. The number of rotatable bonds is 7. The second-order valence-corrected chi connectivity index (χ2v) is 4.47. The lowest BCUT2D eigenvalue weighted by Crippen LogP contribution is -2.29. The second-order valence-electron chi connectivity index (χ2n) is 4.47. The summed E-state index contributed by atoms with van der Waals surface area (Å²) < 4.78 is 26.6. The van der Waals surface area contributed by atoms with Gasteiger partial charge in [-0.1, -0.05) is 19.4 Å². The van der Waals surface area contributed by atoms with Crippen LogP contribution < -0.4 is 11.1 Å². The zero-order valence-corrected chi connectivity index (χ0v) is 11.1. The molecule has 0 bridgehead atoms. The van der Waals surface area contributed by atoms with Crippen LogP contribution in [0.2, 0.25) is 0 Å². The van der Waals surface area contributed by atoms with Crippen LogP contribution in [0.15, 0.2) is 18.2 Å². The summed E-state index contributed by atoms with van der Waals surface area (Å²) in [6.07, 6.45) is 2.31. The van der Waals surface area contributed by atoms with Gasteiger partial charge in [0.15, 0.2) is 0 Å². The topological polar surface area (TPSA) is 55.1 Å². The molecule has 106 valence electrons. The maximum absolute atomic E-state index is 13.7. The predicted molar refractivity (Wildman–Crippen MR) is 70.4 cm³/mol. The summed E-state index contributed by atoms with van der Waals surface area (Å²) in [5, 5.41) is 2.77. The second kappa shape index (κ2) is 7.84. The number of nitrogens with one attached hydrogen (secondary N) is 1. The maximum atomic E-state index is 13.7. The lowest BCUT2D eigenvalue weighted by Gasteiger charge is -2.19. The summed E-state index contributed by atoms with van der Waals surface area (Å²) in [4.78, 5) is 11.7. The van der Waals surface area contributed by atoms with Gasteiger partial charge in [-0.05, 0) is 25.5 Å². The quantitative estimate of drug-likeness (QED) is 0.800. The molecular weight excluding hydrogens is 250 g/mol. The molecule has 0 aliphatic heterocycles. The highest BCUT2D eigenvalue weighted by molar-refractivity contribution is 5.76. The van der Waals surface area contributed by atoms with E-state index >= 15 is 0 Å². The van der Waals surface area contributed by atoms with Crippen LogP contribution >= 0.6 is 0 Å². The van der Waals surface area contributed by atoms with Gasteiger partial charge in [0, 0.05) is 18.1 Å². The standard InChI is InChI=1S/C14H20F2N2O/c1-2-4-13(18-14(19)5-3-8-17)11-7-6-10(15)9-12(11)16/h6-7,9,13H,2-5,8,17H2,1H3,(H,18,19). The number of halogens is 2. The molecule has 0 heterocycles. The summed E-state index contributed by atoms with van der Waals surface area (Å²) >= 11 is 0. The normalized spacial score (nSPS) is 12.2. The van der Waals surface area contributed by atoms with E-state index in [1.165, 1.54) is 12.1 Å². The van der Waals surface area contributed by atoms with Crippen LogP contribution in [0.1, 0.15) is 44.2 Å². The minimum Gasteiger partial charge on any atom is -0.349 e. The SMILES string of the molecule is CCCC(NC(=O)CCCN)c1ccc(F)cc1F. The molecule has 19 heavy (non-hydrogen) atoms. The minimum absolute atomic E-state index is 0.160. The first kappa shape index (κ1) is 15.6. The average Bonchev–Trinajstić information content (AvgIpc) is 2.36. The monoisotopic (exact) mass is 270 g/mol. The molecule has 0 aliphatic carbocycles. The molecule has 0 saturated heterocycles. The molecule has 1 rings (SSSR count). The number of hydrogen-bond acceptors (Lipinski definition) is 2. The molecule has 1 amide bonds. The van der Waals surface area contributed by atoms with Crippen molar-refractivity contribution in [2.45, 2.75) is 38.6 Å². The predicted octanol–water partition coefficient (Wildman–Crippen LogP) is 2.66. The zero-order valence-electron chi connectivity index (χ0n) is 11.1. The Morgan fingerprint density at radius 2 is 2.16 bits per heavy atom. The lowest BCUT2D eigenvalue weighted by atomic mass is 10.0. The number of amides is 1. The van der Waals surface area contributed by atoms with Crippen molar-refractivity contribution in [2.75, 3.05) is 6.54 Å². The van der Waals surface area contributed by atoms with Crippen molar-refractivity contribution in [3.63, 3.8) is 0 Å². The Labute approximate surface area is 112 Å². The molecule has 1 atom stereocenters. The van der Waals surface area contributed by atoms with E-state index in [1.807, 2.05) is 6.92 Å². The van der Waals surface area contributed by atoms with Crippen LogP contribution in [0.25, 0.3) is 0 Å². The number of carbonyl (C=O) groups is 1. The first-order valence-electron chi connectivity index (χ1n) is 6.52. The molecule has 0 spiro atoms. The van der Waals surface area contributed by atoms with Gasteiger partial charge in [0.05, 0.1) is 6.04 Å². The summed E-state index contributed by atoms with van der Waals surface area (Å²) in [7, 11) is 0. The molecule has 1 aromatic rings. The van der Waals surface area contributed by atoms with E-state index in [2.05, 4.69) is 5.32 Å². The van der Waals surface area contributed by atoms with E-state index in [9.17, 15) is 13.6 Å². The van der Waals surface area contributed by atoms with E-state index in [-0.39, 0.29) is 5.91 Å². The van der Waals surface area contributed by atoms with Gasteiger partial charge in [-0.2, -0.15) is 0 Å². The van der Waals surface area contributed by atoms with Crippen LogP contribution in [0, 0.1) is 11.6 Å². The van der Waals surface area contributed by atoms with Gasteiger partial charge >= 0.3 is 0 Å². The first-order chi connectivity index (χ1) is 9.08. The Hall–Kier alpha value is -1.49. The Bertz CT molecular complexity index is 424. The Kier molecular flexibility index (Phi) is 6.42. The van der Waals surface area contributed by atoms with Gasteiger partial charge in [-0.3, -0.25) is 4.79 Å². The molecule has 1 aromatic carbocycles. The van der Waals surface area contributed by atoms with E-state index < -0.39 is 17.7 Å². The molecule has 0 fully saturated rings. The molecule has 0 saturated carbocycles. The fourth-order valence-corrected chi connectivity index (χ4v) is 1.91. The van der Waals surface area contributed by atoms with Crippen LogP contribution in [-0.2, 0) is 4.79 Å². The summed E-state index contributed by atoms with van der Waals surface area (Å²) in [5.41, 5.74) is 5.66. The van der Waals surface area contributed by atoms with Crippen LogP contribution in [0.5, 0.6) is 0 Å². The van der Waals surface area contributed by atoms with Gasteiger partial charge < -0.3 is 11.1 Å². The number of benzene rings is 1. The van der Waals surface area contributed by atoms with Crippen LogP contribution in [-0.4, -0.2) is 12.5 Å². The fourth-order valence-electron chi connectivity index (χ4n) is 1.91. The highest BCUT2D eigenvalue weighted by atomic mass is 19.1. The van der Waals surface area contributed by atoms with E-state index in [0.29, 0.717) is 31.4 Å². The zero-order chi connectivity index (χ0) is 14.3. The van der Waals surface area contributed by atoms with Crippen molar-refractivity contribution in [3.8, 4) is 0 Å². The van der Waals surface area contributed by atoms with Gasteiger partial charge in [-0.15, -0.1) is 0 Å². The third-order valence-electron chi connectivity index (χ3n) is 2.86. The third-order valence-corrected chi connectivity index (χ3v) is 2.86. The number of hydrogen-bond donors (Lipinski definition) is 2. The van der Waals surface area contributed by atoms with Crippen molar-refractivity contribution in [2.24, 2.45) is 5.73 Å². The smallest absolute Gasteiger partial charge is 0.220 e. The molecular formula is C14H20F2N2O. The van der Waals surface area contributed by atoms with Crippen molar-refractivity contribution in [1.29, 1.82) is 0 Å². The third kappa shape index (κ3) is 4.95. The van der Waals surface area contributed by atoms with Gasteiger partial charge in [0.1, 0.15) is 11.6 Å². The molecule has 0 radical (unpaired) electrons. The van der Waals surface area contributed by atoms with Gasteiger partial charge in [0.2, 0.25) is 5.91 Å². The summed E-state index contributed by atoms with van der Waals surface area (Å²) in [6.45, 7) is 2.39. The van der Waals surface area contributed by atoms with Crippen LogP contribution in [0.4, 0.5) is 8.78 Å². The molecule has 0 aliphatic rings. The summed E-state index contributed by atoms with van der Waals surface area (Å²) in [5.74, 6) is -1.41. The highest BCUT2D eigenvalue weighted by Gasteiger charge is 2.17. The van der Waals surface area contributed by atoms with Gasteiger partial charge in [0.25, 0.3) is 0 Å². The molecule has 3 nitrogen and oxygen atoms in total.